The molecule has 0 aliphatic rings. The predicted molar refractivity (Wildman–Crippen MR) is 64.5 cm³/mol. The molecule has 6 heteroatoms. The fourth-order valence-electron chi connectivity index (χ4n) is 1.28. The number of nitrogens with two attached hydrogens (primary N) is 1. The number of anilines is 1. The van der Waals surface area contributed by atoms with E-state index in [0.717, 1.165) is 16.6 Å². The molecule has 0 saturated carbocycles. The predicted octanol–water partition coefficient (Wildman–Crippen LogP) is 1.84. The standard InChI is InChI=1S/C10H10BrN5/c1-2-6-8(11)9(12)16-10(15-6)7-5-13-3-4-14-7/h3-5H,2H2,1H3,(H2,12,15,16). The number of aromatic nitrogens is 4. The first-order chi connectivity index (χ1) is 7.72. The molecule has 2 N–H and O–H groups in total. The lowest BCUT2D eigenvalue weighted by Gasteiger charge is -2.06. The molecule has 0 bridgehead atoms. The lowest BCUT2D eigenvalue weighted by Crippen LogP contribution is -2.03. The van der Waals surface area contributed by atoms with Crippen molar-refractivity contribution < 1.29 is 0 Å². The van der Waals surface area contributed by atoms with Crippen molar-refractivity contribution in [1.29, 1.82) is 0 Å². The summed E-state index contributed by atoms with van der Waals surface area (Å²) >= 11 is 3.36. The van der Waals surface area contributed by atoms with E-state index in [1.165, 1.54) is 0 Å². The average Bonchev–Trinajstić information content (AvgIpc) is 2.33. The van der Waals surface area contributed by atoms with Crippen LogP contribution in [0.2, 0.25) is 0 Å². The Morgan fingerprint density at radius 1 is 1.31 bits per heavy atom. The average molecular weight is 280 g/mol. The van der Waals surface area contributed by atoms with Gasteiger partial charge in [-0.2, -0.15) is 0 Å². The Balaban J connectivity index is 2.55. The Bertz CT molecular complexity index is 500. The second kappa shape index (κ2) is 4.52. The first-order valence-corrected chi connectivity index (χ1v) is 5.60. The van der Waals surface area contributed by atoms with Crippen LogP contribution in [-0.4, -0.2) is 19.9 Å². The van der Waals surface area contributed by atoms with E-state index < -0.39 is 0 Å². The third kappa shape index (κ3) is 2.01. The minimum atomic E-state index is 0.424. The van der Waals surface area contributed by atoms with Crippen LogP contribution in [0.5, 0.6) is 0 Å². The SMILES string of the molecule is CCc1nc(-c2cnccn2)nc(N)c1Br. The summed E-state index contributed by atoms with van der Waals surface area (Å²) in [6.45, 7) is 2.01. The molecule has 0 aliphatic carbocycles. The van der Waals surface area contributed by atoms with E-state index in [4.69, 9.17) is 5.73 Å². The molecule has 0 aromatic carbocycles. The molecule has 82 valence electrons. The zero-order chi connectivity index (χ0) is 11.5. The third-order valence-corrected chi connectivity index (χ3v) is 2.94. The van der Waals surface area contributed by atoms with E-state index in [1.807, 2.05) is 6.92 Å². The molecule has 5 nitrogen and oxygen atoms in total. The number of halogens is 1. The van der Waals surface area contributed by atoms with Gasteiger partial charge >= 0.3 is 0 Å². The van der Waals surface area contributed by atoms with Crippen LogP contribution in [0, 0.1) is 0 Å². The van der Waals surface area contributed by atoms with E-state index >= 15 is 0 Å². The fraction of sp³-hybridized carbons (Fsp3) is 0.200. The summed E-state index contributed by atoms with van der Waals surface area (Å²) in [6.07, 6.45) is 5.59. The largest absolute Gasteiger partial charge is 0.383 e. The molecule has 0 amide bonds. The summed E-state index contributed by atoms with van der Waals surface area (Å²) in [5, 5.41) is 0. The molecule has 0 spiro atoms. The molecular weight excluding hydrogens is 270 g/mol. The molecule has 0 fully saturated rings. The monoisotopic (exact) mass is 279 g/mol. The minimum absolute atomic E-state index is 0.424. The molecule has 2 rings (SSSR count). The lowest BCUT2D eigenvalue weighted by atomic mass is 10.3. The highest BCUT2D eigenvalue weighted by molar-refractivity contribution is 9.10. The number of aryl methyl sites for hydroxylation is 1. The van der Waals surface area contributed by atoms with Gasteiger partial charge in [0, 0.05) is 12.4 Å². The van der Waals surface area contributed by atoms with Gasteiger partial charge in [-0.05, 0) is 22.4 Å². The maximum Gasteiger partial charge on any atom is 0.182 e. The van der Waals surface area contributed by atoms with Crippen LogP contribution >= 0.6 is 15.9 Å². The van der Waals surface area contributed by atoms with E-state index in [-0.39, 0.29) is 0 Å². The zero-order valence-corrected chi connectivity index (χ0v) is 10.3. The molecule has 0 saturated heterocycles. The normalized spacial score (nSPS) is 10.4. The topological polar surface area (TPSA) is 77.6 Å². The first kappa shape index (κ1) is 10.9. The van der Waals surface area contributed by atoms with Gasteiger partial charge in [-0.1, -0.05) is 6.92 Å². The molecule has 0 unspecified atom stereocenters. The van der Waals surface area contributed by atoms with Gasteiger partial charge < -0.3 is 5.73 Å². The molecule has 2 heterocycles. The van der Waals surface area contributed by atoms with Gasteiger partial charge in [0.25, 0.3) is 0 Å². The van der Waals surface area contributed by atoms with Gasteiger partial charge in [0.05, 0.1) is 16.4 Å². The highest BCUT2D eigenvalue weighted by Gasteiger charge is 2.10. The van der Waals surface area contributed by atoms with E-state index in [9.17, 15) is 0 Å². The van der Waals surface area contributed by atoms with Crippen LogP contribution in [-0.2, 0) is 6.42 Å². The first-order valence-electron chi connectivity index (χ1n) is 4.80. The molecule has 2 aromatic heterocycles. The fourth-order valence-corrected chi connectivity index (χ4v) is 1.73. The van der Waals surface area contributed by atoms with E-state index in [2.05, 4.69) is 35.9 Å². The Morgan fingerprint density at radius 2 is 2.12 bits per heavy atom. The van der Waals surface area contributed by atoms with Crippen molar-refractivity contribution in [2.45, 2.75) is 13.3 Å². The van der Waals surface area contributed by atoms with Crippen molar-refractivity contribution in [2.24, 2.45) is 0 Å². The molecule has 0 aliphatic heterocycles. The number of nitrogen functional groups attached to an aromatic ring is 1. The van der Waals surface area contributed by atoms with Crippen molar-refractivity contribution in [3.05, 3.63) is 28.8 Å². The Labute approximate surface area is 101 Å². The van der Waals surface area contributed by atoms with Crippen LogP contribution in [0.25, 0.3) is 11.5 Å². The number of hydrogen-bond acceptors (Lipinski definition) is 5. The Kier molecular flexibility index (Phi) is 3.09. The van der Waals surface area contributed by atoms with Crippen LogP contribution in [0.3, 0.4) is 0 Å². The highest BCUT2D eigenvalue weighted by Crippen LogP contribution is 2.24. The summed E-state index contributed by atoms with van der Waals surface area (Å²) in [5.41, 5.74) is 7.28. The van der Waals surface area contributed by atoms with Crippen LogP contribution in [0.15, 0.2) is 23.1 Å². The smallest absolute Gasteiger partial charge is 0.182 e. The zero-order valence-electron chi connectivity index (χ0n) is 8.68. The third-order valence-electron chi connectivity index (χ3n) is 2.07. The summed E-state index contributed by atoms with van der Waals surface area (Å²) in [5.74, 6) is 0.929. The molecular formula is C10H10BrN5. The van der Waals surface area contributed by atoms with Gasteiger partial charge in [-0.25, -0.2) is 15.0 Å². The van der Waals surface area contributed by atoms with Gasteiger partial charge in [-0.15, -0.1) is 0 Å². The lowest BCUT2D eigenvalue weighted by molar-refractivity contribution is 0.985. The van der Waals surface area contributed by atoms with Gasteiger partial charge in [-0.3, -0.25) is 4.98 Å². The van der Waals surface area contributed by atoms with Crippen molar-refractivity contribution in [3.63, 3.8) is 0 Å². The van der Waals surface area contributed by atoms with Gasteiger partial charge in [0.15, 0.2) is 5.82 Å². The quantitative estimate of drug-likeness (QED) is 0.908. The van der Waals surface area contributed by atoms with Crippen molar-refractivity contribution in [2.75, 3.05) is 5.73 Å². The van der Waals surface area contributed by atoms with Crippen LogP contribution < -0.4 is 5.73 Å². The van der Waals surface area contributed by atoms with E-state index in [0.29, 0.717) is 17.3 Å². The summed E-state index contributed by atoms with van der Waals surface area (Å²) in [7, 11) is 0. The van der Waals surface area contributed by atoms with Gasteiger partial charge in [0.2, 0.25) is 0 Å². The van der Waals surface area contributed by atoms with Crippen molar-refractivity contribution >= 4 is 21.7 Å². The van der Waals surface area contributed by atoms with Crippen LogP contribution in [0.1, 0.15) is 12.6 Å². The van der Waals surface area contributed by atoms with Crippen molar-refractivity contribution in [1.82, 2.24) is 19.9 Å². The molecule has 0 radical (unpaired) electrons. The van der Waals surface area contributed by atoms with E-state index in [1.54, 1.807) is 18.6 Å². The van der Waals surface area contributed by atoms with Crippen molar-refractivity contribution in [3.8, 4) is 11.5 Å². The number of hydrogen-bond donors (Lipinski definition) is 1. The Hall–Kier alpha value is -1.56. The summed E-state index contributed by atoms with van der Waals surface area (Å²) < 4.78 is 0.752. The number of nitrogens with zero attached hydrogens (tertiary/aromatic N) is 4. The Morgan fingerprint density at radius 3 is 2.75 bits per heavy atom. The number of rotatable bonds is 2. The molecule has 16 heavy (non-hydrogen) atoms. The summed E-state index contributed by atoms with van der Waals surface area (Å²) in [6, 6.07) is 0. The minimum Gasteiger partial charge on any atom is -0.383 e. The molecule has 0 atom stereocenters. The maximum atomic E-state index is 5.79. The van der Waals surface area contributed by atoms with Crippen LogP contribution in [0.4, 0.5) is 5.82 Å². The summed E-state index contributed by atoms with van der Waals surface area (Å²) in [4.78, 5) is 16.7. The maximum absolute atomic E-state index is 5.79. The highest BCUT2D eigenvalue weighted by atomic mass is 79.9. The van der Waals surface area contributed by atoms with Gasteiger partial charge in [0.1, 0.15) is 11.5 Å². The second-order valence-corrected chi connectivity index (χ2v) is 3.93. The molecule has 2 aromatic rings. The second-order valence-electron chi connectivity index (χ2n) is 3.14.